The molecular formula is C32H52ClN3O3. The van der Waals surface area contributed by atoms with Gasteiger partial charge in [0.15, 0.2) is 0 Å². The number of nitrogens with zero attached hydrogens (tertiary/aromatic N) is 1. The van der Waals surface area contributed by atoms with Crippen LogP contribution in [-0.4, -0.2) is 56.6 Å². The molecule has 2 aliphatic rings. The van der Waals surface area contributed by atoms with E-state index in [1.165, 1.54) is 32.1 Å². The highest BCUT2D eigenvalue weighted by Gasteiger charge is 2.43. The van der Waals surface area contributed by atoms with Gasteiger partial charge in [0.2, 0.25) is 11.8 Å². The van der Waals surface area contributed by atoms with Crippen LogP contribution in [0.25, 0.3) is 0 Å². The number of benzene rings is 1. The number of carbonyl (C=O) groups excluding carboxylic acids is 2. The van der Waals surface area contributed by atoms with Crippen LogP contribution in [0.1, 0.15) is 96.5 Å². The van der Waals surface area contributed by atoms with Crippen LogP contribution in [0, 0.1) is 17.8 Å². The Labute approximate surface area is 242 Å². The summed E-state index contributed by atoms with van der Waals surface area (Å²) in [6, 6.07) is 7.92. The second-order valence-corrected chi connectivity index (χ2v) is 12.3. The normalized spacial score (nSPS) is 20.8. The molecule has 7 heteroatoms. The topological polar surface area (TPSA) is 70.7 Å². The van der Waals surface area contributed by atoms with Crippen molar-refractivity contribution in [3.8, 4) is 0 Å². The largest absolute Gasteiger partial charge is 0.382 e. The number of carbonyl (C=O) groups is 2. The first-order chi connectivity index (χ1) is 18.9. The van der Waals surface area contributed by atoms with Gasteiger partial charge in [-0.05, 0) is 88.6 Å². The summed E-state index contributed by atoms with van der Waals surface area (Å²) in [7, 11) is 1.99. The molecule has 1 aromatic rings. The number of piperidine rings is 1. The van der Waals surface area contributed by atoms with Crippen LogP contribution in [0.15, 0.2) is 24.3 Å². The molecule has 220 valence electrons. The molecule has 3 rings (SSSR count). The zero-order chi connectivity index (χ0) is 28.1. The van der Waals surface area contributed by atoms with Gasteiger partial charge in [0.05, 0.1) is 5.54 Å². The minimum Gasteiger partial charge on any atom is -0.382 e. The van der Waals surface area contributed by atoms with E-state index in [1.807, 2.05) is 32.2 Å². The van der Waals surface area contributed by atoms with Crippen LogP contribution in [0.5, 0.6) is 0 Å². The van der Waals surface area contributed by atoms with Crippen molar-refractivity contribution in [2.24, 2.45) is 17.8 Å². The van der Waals surface area contributed by atoms with Crippen molar-refractivity contribution in [2.45, 2.75) is 96.4 Å². The third-order valence-electron chi connectivity index (χ3n) is 8.87. The molecule has 0 unspecified atom stereocenters. The summed E-state index contributed by atoms with van der Waals surface area (Å²) in [5.74, 6) is 1.45. The number of hydrogen-bond donors (Lipinski definition) is 2. The molecule has 1 aliphatic heterocycles. The van der Waals surface area contributed by atoms with Gasteiger partial charge in [0, 0.05) is 50.6 Å². The van der Waals surface area contributed by atoms with Gasteiger partial charge in [-0.15, -0.1) is 0 Å². The predicted molar refractivity (Wildman–Crippen MR) is 160 cm³/mol. The third-order valence-corrected chi connectivity index (χ3v) is 9.11. The Bertz CT molecular complexity index is 891. The van der Waals surface area contributed by atoms with Gasteiger partial charge in [0.25, 0.3) is 0 Å². The van der Waals surface area contributed by atoms with Crippen molar-refractivity contribution in [3.63, 3.8) is 0 Å². The average molecular weight is 562 g/mol. The van der Waals surface area contributed by atoms with E-state index in [0.29, 0.717) is 37.1 Å². The summed E-state index contributed by atoms with van der Waals surface area (Å²) in [4.78, 5) is 28.5. The van der Waals surface area contributed by atoms with Crippen LogP contribution in [0.4, 0.5) is 0 Å². The monoisotopic (exact) mass is 561 g/mol. The third kappa shape index (κ3) is 9.75. The summed E-state index contributed by atoms with van der Waals surface area (Å²) in [6.45, 7) is 7.37. The van der Waals surface area contributed by atoms with E-state index in [4.69, 9.17) is 16.3 Å². The molecule has 2 fully saturated rings. The van der Waals surface area contributed by atoms with E-state index in [9.17, 15) is 9.59 Å². The van der Waals surface area contributed by atoms with Gasteiger partial charge in [-0.2, -0.15) is 0 Å². The Kier molecular flexibility index (Phi) is 13.6. The van der Waals surface area contributed by atoms with E-state index >= 15 is 0 Å². The minimum atomic E-state index is -0.575. The van der Waals surface area contributed by atoms with Crippen LogP contribution in [0.3, 0.4) is 0 Å². The molecule has 39 heavy (non-hydrogen) atoms. The zero-order valence-electron chi connectivity index (χ0n) is 24.6. The molecule has 1 aromatic carbocycles. The van der Waals surface area contributed by atoms with Gasteiger partial charge in [-0.1, -0.05) is 55.8 Å². The Morgan fingerprint density at radius 3 is 2.64 bits per heavy atom. The van der Waals surface area contributed by atoms with Crippen molar-refractivity contribution in [1.82, 2.24) is 15.5 Å². The van der Waals surface area contributed by atoms with Crippen LogP contribution >= 0.6 is 11.6 Å². The standard InChI is InChI=1S/C32H52ClN3O3/c1-4-39-19-9-8-17-32(35-25(2)37,28-14-10-16-30(33)22-28)29-15-11-18-36(24-29)31(38)21-27(23-34-3)20-26-12-6-5-7-13-26/h10,14,16,22,26-27,29,34H,4-9,11-13,15,17-21,23-24H2,1-3H3,(H,35,37)/t27-,29-,32-/m1/s1. The second-order valence-electron chi connectivity index (χ2n) is 11.9. The number of amides is 2. The lowest BCUT2D eigenvalue weighted by Crippen LogP contribution is -2.56. The molecule has 2 N–H and O–H groups in total. The molecule has 2 amide bonds. The zero-order valence-corrected chi connectivity index (χ0v) is 25.4. The van der Waals surface area contributed by atoms with Crippen molar-refractivity contribution in [1.29, 1.82) is 0 Å². The highest BCUT2D eigenvalue weighted by atomic mass is 35.5. The quantitative estimate of drug-likeness (QED) is 0.246. The molecule has 0 spiro atoms. The van der Waals surface area contributed by atoms with E-state index in [0.717, 1.165) is 63.1 Å². The molecule has 6 nitrogen and oxygen atoms in total. The van der Waals surface area contributed by atoms with E-state index in [2.05, 4.69) is 21.6 Å². The lowest BCUT2D eigenvalue weighted by Gasteiger charge is -2.47. The number of halogens is 1. The van der Waals surface area contributed by atoms with Gasteiger partial charge >= 0.3 is 0 Å². The average Bonchev–Trinajstić information content (AvgIpc) is 2.93. The summed E-state index contributed by atoms with van der Waals surface area (Å²) in [5, 5.41) is 7.39. The highest BCUT2D eigenvalue weighted by Crippen LogP contribution is 2.41. The highest BCUT2D eigenvalue weighted by molar-refractivity contribution is 6.30. The van der Waals surface area contributed by atoms with E-state index in [-0.39, 0.29) is 17.7 Å². The maximum absolute atomic E-state index is 13.7. The SMILES string of the molecule is CCOCCCC[C@@](NC(C)=O)(c1cccc(Cl)c1)[C@@H]1CCCN(C(=O)C[C@H](CNC)CC2CCCCC2)C1. The van der Waals surface area contributed by atoms with Crippen molar-refractivity contribution in [2.75, 3.05) is 39.9 Å². The number of likely N-dealkylation sites (tertiary alicyclic amines) is 1. The van der Waals surface area contributed by atoms with Crippen LogP contribution < -0.4 is 10.6 Å². The van der Waals surface area contributed by atoms with Gasteiger partial charge < -0.3 is 20.3 Å². The van der Waals surface area contributed by atoms with Crippen molar-refractivity contribution < 1.29 is 14.3 Å². The predicted octanol–water partition coefficient (Wildman–Crippen LogP) is 6.31. The Morgan fingerprint density at radius 1 is 1.15 bits per heavy atom. The van der Waals surface area contributed by atoms with E-state index < -0.39 is 5.54 Å². The van der Waals surface area contributed by atoms with E-state index in [1.54, 1.807) is 6.92 Å². The number of ether oxygens (including phenoxy) is 1. The number of nitrogens with one attached hydrogen (secondary N) is 2. The molecule has 1 heterocycles. The molecule has 1 aliphatic carbocycles. The smallest absolute Gasteiger partial charge is 0.222 e. The van der Waals surface area contributed by atoms with Gasteiger partial charge in [-0.3, -0.25) is 9.59 Å². The Hall–Kier alpha value is -1.63. The summed E-state index contributed by atoms with van der Waals surface area (Å²) < 4.78 is 5.59. The van der Waals surface area contributed by atoms with Crippen LogP contribution in [0.2, 0.25) is 5.02 Å². The fourth-order valence-corrected chi connectivity index (χ4v) is 7.25. The lowest BCUT2D eigenvalue weighted by molar-refractivity contribution is -0.135. The molecule has 0 aromatic heterocycles. The van der Waals surface area contributed by atoms with Crippen molar-refractivity contribution in [3.05, 3.63) is 34.9 Å². The summed E-state index contributed by atoms with van der Waals surface area (Å²) in [5.41, 5.74) is 0.459. The Balaban J connectivity index is 1.78. The first kappa shape index (κ1) is 31.9. The maximum Gasteiger partial charge on any atom is 0.222 e. The second kappa shape index (κ2) is 16.6. The number of unbranched alkanes of at least 4 members (excludes halogenated alkanes) is 1. The molecule has 1 saturated carbocycles. The molecule has 3 atom stereocenters. The first-order valence-corrected chi connectivity index (χ1v) is 15.8. The van der Waals surface area contributed by atoms with Gasteiger partial charge in [-0.25, -0.2) is 0 Å². The number of rotatable bonds is 15. The maximum atomic E-state index is 13.7. The Morgan fingerprint density at radius 2 is 1.95 bits per heavy atom. The van der Waals surface area contributed by atoms with Gasteiger partial charge in [0.1, 0.15) is 0 Å². The first-order valence-electron chi connectivity index (χ1n) is 15.4. The molecule has 1 saturated heterocycles. The molecule has 0 bridgehead atoms. The lowest BCUT2D eigenvalue weighted by atomic mass is 9.71. The molecule has 0 radical (unpaired) electrons. The minimum absolute atomic E-state index is 0.0511. The number of hydrogen-bond acceptors (Lipinski definition) is 4. The fraction of sp³-hybridized carbons (Fsp3) is 0.750. The fourth-order valence-electron chi connectivity index (χ4n) is 7.06. The summed E-state index contributed by atoms with van der Waals surface area (Å²) >= 11 is 6.47. The summed E-state index contributed by atoms with van der Waals surface area (Å²) in [6.07, 6.45) is 12.9. The van der Waals surface area contributed by atoms with Crippen LogP contribution in [-0.2, 0) is 19.9 Å². The van der Waals surface area contributed by atoms with Crippen molar-refractivity contribution >= 4 is 23.4 Å². The molecular weight excluding hydrogens is 510 g/mol.